The molecule has 1 fully saturated rings. The van der Waals surface area contributed by atoms with Crippen molar-refractivity contribution in [1.29, 1.82) is 0 Å². The third-order valence-electron chi connectivity index (χ3n) is 5.86. The largest absolute Gasteiger partial charge is 0.416 e. The summed E-state index contributed by atoms with van der Waals surface area (Å²) in [6.45, 7) is 4.94. The predicted molar refractivity (Wildman–Crippen MR) is 115 cm³/mol. The number of nitrogens with zero attached hydrogens (tertiary/aromatic N) is 1. The Morgan fingerprint density at radius 3 is 2.41 bits per heavy atom. The number of hydrogen-bond acceptors (Lipinski definition) is 3. The fraction of sp³-hybridized carbons (Fsp3) is 0.458. The van der Waals surface area contributed by atoms with Crippen molar-refractivity contribution in [3.8, 4) is 0 Å². The zero-order valence-electron chi connectivity index (χ0n) is 18.3. The number of amides is 1. The first kappa shape index (κ1) is 24.2. The van der Waals surface area contributed by atoms with Gasteiger partial charge >= 0.3 is 6.18 Å². The van der Waals surface area contributed by atoms with Crippen molar-refractivity contribution >= 4 is 5.91 Å². The van der Waals surface area contributed by atoms with E-state index in [2.05, 4.69) is 10.6 Å². The van der Waals surface area contributed by atoms with Gasteiger partial charge in [-0.25, -0.2) is 4.39 Å². The molecule has 0 spiro atoms. The molecule has 2 aromatic rings. The molecule has 0 unspecified atom stereocenters. The summed E-state index contributed by atoms with van der Waals surface area (Å²) in [4.78, 5) is 14.9. The molecule has 2 aromatic carbocycles. The van der Waals surface area contributed by atoms with Gasteiger partial charge in [-0.3, -0.25) is 9.69 Å². The second-order valence-corrected chi connectivity index (χ2v) is 8.41. The maximum absolute atomic E-state index is 13.8. The van der Waals surface area contributed by atoms with Crippen LogP contribution >= 0.6 is 0 Å². The van der Waals surface area contributed by atoms with E-state index in [0.29, 0.717) is 31.5 Å². The van der Waals surface area contributed by atoms with Crippen LogP contribution in [0.3, 0.4) is 0 Å². The third-order valence-corrected chi connectivity index (χ3v) is 5.86. The number of rotatable bonds is 8. The van der Waals surface area contributed by atoms with Gasteiger partial charge in [0.15, 0.2) is 0 Å². The van der Waals surface area contributed by atoms with E-state index in [0.717, 1.165) is 6.07 Å². The molecular formula is C24H29F4N3O. The second-order valence-electron chi connectivity index (χ2n) is 8.41. The van der Waals surface area contributed by atoms with Crippen LogP contribution < -0.4 is 10.6 Å². The van der Waals surface area contributed by atoms with Crippen molar-refractivity contribution in [2.45, 2.75) is 57.5 Å². The molecule has 1 amide bonds. The second kappa shape index (κ2) is 10.4. The maximum Gasteiger partial charge on any atom is 0.416 e. The van der Waals surface area contributed by atoms with Crippen LogP contribution in [-0.4, -0.2) is 42.0 Å². The molecule has 2 atom stereocenters. The van der Waals surface area contributed by atoms with Crippen molar-refractivity contribution in [2.24, 2.45) is 0 Å². The van der Waals surface area contributed by atoms with Gasteiger partial charge in [0.1, 0.15) is 5.82 Å². The highest BCUT2D eigenvalue weighted by Crippen LogP contribution is 2.32. The molecule has 0 saturated carbocycles. The van der Waals surface area contributed by atoms with Gasteiger partial charge in [0.25, 0.3) is 0 Å². The Morgan fingerprint density at radius 1 is 1.09 bits per heavy atom. The number of halogens is 4. The molecule has 8 heteroatoms. The van der Waals surface area contributed by atoms with Crippen LogP contribution in [0.1, 0.15) is 37.0 Å². The quantitative estimate of drug-likeness (QED) is 0.593. The number of nitrogens with one attached hydrogen (secondary N) is 2. The normalized spacial score (nSPS) is 19.5. The third kappa shape index (κ3) is 6.07. The number of likely N-dealkylation sites (tertiary alicyclic amines) is 1. The molecule has 1 aliphatic rings. The van der Waals surface area contributed by atoms with Gasteiger partial charge in [-0.2, -0.15) is 13.2 Å². The summed E-state index contributed by atoms with van der Waals surface area (Å²) in [5, 5.41) is 6.08. The molecule has 4 nitrogen and oxygen atoms in total. The van der Waals surface area contributed by atoms with Gasteiger partial charge in [0.05, 0.1) is 11.6 Å². The van der Waals surface area contributed by atoms with Crippen LogP contribution in [0.2, 0.25) is 0 Å². The molecule has 1 saturated heterocycles. The molecule has 0 aromatic heterocycles. The van der Waals surface area contributed by atoms with Gasteiger partial charge in [0, 0.05) is 31.7 Å². The van der Waals surface area contributed by atoms with E-state index in [4.69, 9.17) is 0 Å². The summed E-state index contributed by atoms with van der Waals surface area (Å²) in [5.41, 5.74) is 0.0883. The Kier molecular flexibility index (Phi) is 7.90. The summed E-state index contributed by atoms with van der Waals surface area (Å²) in [6, 6.07) is 11.6. The molecule has 0 radical (unpaired) electrons. The van der Waals surface area contributed by atoms with Crippen molar-refractivity contribution in [1.82, 2.24) is 15.5 Å². The highest BCUT2D eigenvalue weighted by Gasteiger charge is 2.38. The molecule has 1 aliphatic heterocycles. The van der Waals surface area contributed by atoms with Crippen molar-refractivity contribution in [2.75, 3.05) is 13.1 Å². The highest BCUT2D eigenvalue weighted by molar-refractivity contribution is 5.82. The average molecular weight is 452 g/mol. The molecule has 3 rings (SSSR count). The minimum Gasteiger partial charge on any atom is -0.354 e. The molecule has 0 bridgehead atoms. The van der Waals surface area contributed by atoms with Crippen LogP contribution in [0, 0.1) is 5.82 Å². The Labute approximate surface area is 186 Å². The van der Waals surface area contributed by atoms with Crippen molar-refractivity contribution in [3.63, 3.8) is 0 Å². The minimum absolute atomic E-state index is 0.0773. The number of carbonyl (C=O) groups is 1. The lowest BCUT2D eigenvalue weighted by Gasteiger charge is -2.27. The SMILES string of the molecule is CC(C)N1C[C@H](NCc2ccccc2C(F)(F)F)C[C@H]1C(=O)NCCc1ccccc1F. The first-order chi connectivity index (χ1) is 15.2. The molecular weight excluding hydrogens is 422 g/mol. The number of alkyl halides is 3. The van der Waals surface area contributed by atoms with E-state index in [1.165, 1.54) is 18.2 Å². The predicted octanol–water partition coefficient (Wildman–Crippen LogP) is 4.14. The summed E-state index contributed by atoms with van der Waals surface area (Å²) in [7, 11) is 0. The van der Waals surface area contributed by atoms with E-state index >= 15 is 0 Å². The lowest BCUT2D eigenvalue weighted by Crippen LogP contribution is -2.46. The Bertz CT molecular complexity index is 916. The first-order valence-corrected chi connectivity index (χ1v) is 10.8. The van der Waals surface area contributed by atoms with E-state index in [1.54, 1.807) is 24.3 Å². The number of carbonyl (C=O) groups excluding carboxylic acids is 1. The van der Waals surface area contributed by atoms with Gasteiger partial charge < -0.3 is 10.6 Å². The van der Waals surface area contributed by atoms with Gasteiger partial charge in [-0.1, -0.05) is 36.4 Å². The van der Waals surface area contributed by atoms with E-state index in [1.807, 2.05) is 18.7 Å². The Balaban J connectivity index is 1.57. The summed E-state index contributed by atoms with van der Waals surface area (Å²) in [6.07, 6.45) is -3.51. The zero-order valence-corrected chi connectivity index (χ0v) is 18.3. The average Bonchev–Trinajstić information content (AvgIpc) is 3.18. The maximum atomic E-state index is 13.8. The fourth-order valence-corrected chi connectivity index (χ4v) is 4.18. The molecule has 2 N–H and O–H groups in total. The van der Waals surface area contributed by atoms with Crippen molar-refractivity contribution in [3.05, 3.63) is 71.0 Å². The standard InChI is InChI=1S/C24H29F4N3O/c1-16(2)31-15-19(30-14-18-8-3-5-9-20(18)24(26,27)28)13-22(31)23(32)29-12-11-17-7-4-6-10-21(17)25/h3-10,16,19,22,30H,11-15H2,1-2H3,(H,29,32)/t19-,22+/m1/s1. The van der Waals surface area contributed by atoms with E-state index < -0.39 is 11.7 Å². The van der Waals surface area contributed by atoms with E-state index in [-0.39, 0.29) is 42.0 Å². The lowest BCUT2D eigenvalue weighted by molar-refractivity contribution is -0.138. The summed E-state index contributed by atoms with van der Waals surface area (Å²) >= 11 is 0. The number of benzene rings is 2. The van der Waals surface area contributed by atoms with Crippen LogP contribution in [0.5, 0.6) is 0 Å². The van der Waals surface area contributed by atoms with Crippen LogP contribution in [0.25, 0.3) is 0 Å². The Hall–Kier alpha value is -2.45. The molecule has 1 heterocycles. The Morgan fingerprint density at radius 2 is 1.75 bits per heavy atom. The van der Waals surface area contributed by atoms with Crippen molar-refractivity contribution < 1.29 is 22.4 Å². The van der Waals surface area contributed by atoms with Crippen LogP contribution in [0.4, 0.5) is 17.6 Å². The summed E-state index contributed by atoms with van der Waals surface area (Å²) < 4.78 is 53.5. The van der Waals surface area contributed by atoms with Crippen LogP contribution in [0.15, 0.2) is 48.5 Å². The highest BCUT2D eigenvalue weighted by atomic mass is 19.4. The topological polar surface area (TPSA) is 44.4 Å². The minimum atomic E-state index is -4.40. The van der Waals surface area contributed by atoms with Gasteiger partial charge in [-0.15, -0.1) is 0 Å². The van der Waals surface area contributed by atoms with Gasteiger partial charge in [-0.05, 0) is 49.9 Å². The fourth-order valence-electron chi connectivity index (χ4n) is 4.18. The van der Waals surface area contributed by atoms with Gasteiger partial charge in [0.2, 0.25) is 5.91 Å². The monoisotopic (exact) mass is 451 g/mol. The van der Waals surface area contributed by atoms with E-state index in [9.17, 15) is 22.4 Å². The molecule has 0 aliphatic carbocycles. The number of hydrogen-bond donors (Lipinski definition) is 2. The lowest BCUT2D eigenvalue weighted by atomic mass is 10.1. The zero-order chi connectivity index (χ0) is 23.3. The first-order valence-electron chi connectivity index (χ1n) is 10.8. The van der Waals surface area contributed by atoms with Crippen LogP contribution in [-0.2, 0) is 23.9 Å². The smallest absolute Gasteiger partial charge is 0.354 e. The molecule has 174 valence electrons. The molecule has 32 heavy (non-hydrogen) atoms. The summed E-state index contributed by atoms with van der Waals surface area (Å²) in [5.74, 6) is -0.440.